The largest absolute Gasteiger partial charge is 0.454 e. The molecule has 1 heterocycles. The Hall–Kier alpha value is -2.89. The van der Waals surface area contributed by atoms with Gasteiger partial charge in [-0.15, -0.1) is 0 Å². The number of carbonyl (C=O) groups is 3. The Bertz CT molecular complexity index is 880. The van der Waals surface area contributed by atoms with Gasteiger partial charge in [0.15, 0.2) is 6.61 Å². The molecule has 1 aliphatic heterocycles. The van der Waals surface area contributed by atoms with Gasteiger partial charge in [-0.1, -0.05) is 42.5 Å². The van der Waals surface area contributed by atoms with Crippen LogP contribution in [0.25, 0.3) is 10.8 Å². The summed E-state index contributed by atoms with van der Waals surface area (Å²) in [6.45, 7) is 3.50. The number of carbonyl (C=O) groups excluding carboxylic acids is 3. The summed E-state index contributed by atoms with van der Waals surface area (Å²) in [6, 6.07) is 14.0. The number of hydrogen-bond donors (Lipinski definition) is 1. The highest BCUT2D eigenvalue weighted by Gasteiger charge is 2.29. The van der Waals surface area contributed by atoms with Gasteiger partial charge in [0, 0.05) is 12.1 Å². The Balaban J connectivity index is 1.45. The molecule has 1 saturated heterocycles. The predicted octanol–water partition coefficient (Wildman–Crippen LogP) is 2.83. The first-order valence-corrected chi connectivity index (χ1v) is 10.2. The van der Waals surface area contributed by atoms with Gasteiger partial charge >= 0.3 is 5.97 Å². The average molecular weight is 396 g/mol. The molecule has 6 nitrogen and oxygen atoms in total. The second kappa shape index (κ2) is 9.54. The van der Waals surface area contributed by atoms with Crippen molar-refractivity contribution in [3.05, 3.63) is 48.0 Å². The molecule has 2 atom stereocenters. The number of likely N-dealkylation sites (tertiary alicyclic amines) is 1. The number of amides is 2. The second-order valence-corrected chi connectivity index (χ2v) is 7.68. The lowest BCUT2D eigenvalue weighted by Crippen LogP contribution is -2.49. The predicted molar refractivity (Wildman–Crippen MR) is 111 cm³/mol. The fraction of sp³-hybridized carbons (Fsp3) is 0.435. The maximum Gasteiger partial charge on any atom is 0.325 e. The van der Waals surface area contributed by atoms with Gasteiger partial charge in [-0.25, -0.2) is 0 Å². The minimum atomic E-state index is -0.609. The molecule has 0 spiro atoms. The van der Waals surface area contributed by atoms with Crippen LogP contribution >= 0.6 is 0 Å². The maximum atomic E-state index is 12.4. The van der Waals surface area contributed by atoms with E-state index in [9.17, 15) is 14.4 Å². The van der Waals surface area contributed by atoms with E-state index >= 15 is 0 Å². The lowest BCUT2D eigenvalue weighted by atomic mass is 9.97. The molecule has 0 aliphatic carbocycles. The number of hydrogen-bond acceptors (Lipinski definition) is 4. The third kappa shape index (κ3) is 5.34. The molecule has 0 unspecified atom stereocenters. The van der Waals surface area contributed by atoms with Crippen LogP contribution in [0, 0.1) is 0 Å². The van der Waals surface area contributed by atoms with Crippen molar-refractivity contribution in [1.29, 1.82) is 0 Å². The Morgan fingerprint density at radius 3 is 2.48 bits per heavy atom. The fourth-order valence-corrected chi connectivity index (χ4v) is 4.03. The molecular formula is C23H28N2O4. The highest BCUT2D eigenvalue weighted by molar-refractivity contribution is 5.91. The second-order valence-electron chi connectivity index (χ2n) is 7.68. The summed E-state index contributed by atoms with van der Waals surface area (Å²) in [4.78, 5) is 38.4. The molecule has 0 radical (unpaired) electrons. The molecular weight excluding hydrogens is 368 g/mol. The Labute approximate surface area is 171 Å². The average Bonchev–Trinajstić information content (AvgIpc) is 2.71. The van der Waals surface area contributed by atoms with E-state index in [1.807, 2.05) is 56.3 Å². The molecule has 2 amide bonds. The van der Waals surface area contributed by atoms with E-state index in [2.05, 4.69) is 5.32 Å². The van der Waals surface area contributed by atoms with E-state index in [1.54, 1.807) is 4.90 Å². The molecule has 1 fully saturated rings. The molecule has 0 bridgehead atoms. The monoisotopic (exact) mass is 396 g/mol. The number of piperidine rings is 1. The molecule has 2 aromatic rings. The molecule has 1 N–H and O–H groups in total. The summed E-state index contributed by atoms with van der Waals surface area (Å²) in [5, 5.41) is 4.66. The molecule has 0 saturated carbocycles. The minimum Gasteiger partial charge on any atom is -0.454 e. The summed E-state index contributed by atoms with van der Waals surface area (Å²) >= 11 is 0. The van der Waals surface area contributed by atoms with Crippen LogP contribution in [0.15, 0.2) is 42.5 Å². The molecule has 2 aromatic carbocycles. The van der Waals surface area contributed by atoms with E-state index in [0.29, 0.717) is 0 Å². The van der Waals surface area contributed by atoms with Gasteiger partial charge in [0.2, 0.25) is 5.91 Å². The first-order chi connectivity index (χ1) is 14.0. The zero-order valence-corrected chi connectivity index (χ0v) is 17.0. The first-order valence-electron chi connectivity index (χ1n) is 10.2. The van der Waals surface area contributed by atoms with Gasteiger partial charge in [0.25, 0.3) is 5.91 Å². The van der Waals surface area contributed by atoms with Crippen LogP contribution in [0.2, 0.25) is 0 Å². The van der Waals surface area contributed by atoms with Crippen molar-refractivity contribution < 1.29 is 19.1 Å². The van der Waals surface area contributed by atoms with Crippen LogP contribution in [-0.2, 0) is 25.5 Å². The number of nitrogens with one attached hydrogen (secondary N) is 1. The number of rotatable bonds is 6. The highest BCUT2D eigenvalue weighted by atomic mass is 16.5. The van der Waals surface area contributed by atoms with Crippen molar-refractivity contribution in [2.75, 3.05) is 13.2 Å². The van der Waals surface area contributed by atoms with E-state index in [0.717, 1.165) is 35.6 Å². The topological polar surface area (TPSA) is 75.7 Å². The minimum absolute atomic E-state index is 0.158. The standard InChI is InChI=1S/C23H28N2O4/c1-16-7-5-8-17(2)25(16)22(27)15-29-23(28)14-24-21(26)13-19-11-6-10-18-9-3-4-12-20(18)19/h3-4,6,9-12,16-17H,5,7-8,13-15H2,1-2H3,(H,24,26)/t16-,17-/m1/s1. The van der Waals surface area contributed by atoms with Gasteiger partial charge in [-0.3, -0.25) is 14.4 Å². The van der Waals surface area contributed by atoms with Crippen molar-refractivity contribution >= 4 is 28.6 Å². The van der Waals surface area contributed by atoms with Crippen molar-refractivity contribution in [3.63, 3.8) is 0 Å². The van der Waals surface area contributed by atoms with Crippen LogP contribution < -0.4 is 5.32 Å². The zero-order chi connectivity index (χ0) is 20.8. The molecule has 154 valence electrons. The van der Waals surface area contributed by atoms with Crippen LogP contribution in [0.4, 0.5) is 0 Å². The van der Waals surface area contributed by atoms with Gasteiger partial charge in [-0.2, -0.15) is 0 Å². The number of fused-ring (bicyclic) bond motifs is 1. The lowest BCUT2D eigenvalue weighted by molar-refractivity contribution is -0.154. The molecule has 6 heteroatoms. The normalized spacial score (nSPS) is 19.0. The van der Waals surface area contributed by atoms with Crippen LogP contribution in [-0.4, -0.2) is 47.9 Å². The quantitative estimate of drug-likeness (QED) is 0.762. The third-order valence-corrected chi connectivity index (χ3v) is 5.50. The highest BCUT2D eigenvalue weighted by Crippen LogP contribution is 2.22. The van der Waals surface area contributed by atoms with Crippen LogP contribution in [0.1, 0.15) is 38.7 Å². The van der Waals surface area contributed by atoms with Gasteiger partial charge in [0.05, 0.1) is 6.42 Å². The number of nitrogens with zero attached hydrogens (tertiary/aromatic N) is 1. The van der Waals surface area contributed by atoms with Gasteiger partial charge < -0.3 is 15.0 Å². The van der Waals surface area contributed by atoms with Crippen molar-refractivity contribution in [1.82, 2.24) is 10.2 Å². The van der Waals surface area contributed by atoms with Crippen LogP contribution in [0.5, 0.6) is 0 Å². The van der Waals surface area contributed by atoms with E-state index in [-0.39, 0.29) is 43.5 Å². The fourth-order valence-electron chi connectivity index (χ4n) is 4.03. The number of ether oxygens (including phenoxy) is 1. The Morgan fingerprint density at radius 1 is 1.03 bits per heavy atom. The van der Waals surface area contributed by atoms with Crippen molar-refractivity contribution in [2.45, 2.75) is 51.6 Å². The Morgan fingerprint density at radius 2 is 1.72 bits per heavy atom. The third-order valence-electron chi connectivity index (χ3n) is 5.50. The summed E-state index contributed by atoms with van der Waals surface area (Å²) in [5.74, 6) is -1.05. The van der Waals surface area contributed by atoms with E-state index in [4.69, 9.17) is 4.74 Å². The zero-order valence-electron chi connectivity index (χ0n) is 17.0. The summed E-state index contributed by atoms with van der Waals surface area (Å²) in [7, 11) is 0. The molecule has 29 heavy (non-hydrogen) atoms. The van der Waals surface area contributed by atoms with Gasteiger partial charge in [-0.05, 0) is 49.4 Å². The van der Waals surface area contributed by atoms with E-state index < -0.39 is 5.97 Å². The van der Waals surface area contributed by atoms with Gasteiger partial charge in [0.1, 0.15) is 6.54 Å². The van der Waals surface area contributed by atoms with Crippen molar-refractivity contribution in [3.8, 4) is 0 Å². The smallest absolute Gasteiger partial charge is 0.325 e. The van der Waals surface area contributed by atoms with Crippen LogP contribution in [0.3, 0.4) is 0 Å². The number of benzene rings is 2. The summed E-state index contributed by atoms with van der Waals surface area (Å²) in [6.07, 6.45) is 3.22. The maximum absolute atomic E-state index is 12.4. The Kier molecular flexibility index (Phi) is 6.86. The molecule has 0 aromatic heterocycles. The summed E-state index contributed by atoms with van der Waals surface area (Å²) in [5.41, 5.74) is 0.900. The lowest BCUT2D eigenvalue weighted by Gasteiger charge is -2.38. The number of esters is 1. The van der Waals surface area contributed by atoms with E-state index in [1.165, 1.54) is 0 Å². The summed E-state index contributed by atoms with van der Waals surface area (Å²) < 4.78 is 5.08. The molecule has 3 rings (SSSR count). The SMILES string of the molecule is C[C@@H]1CCC[C@@H](C)N1C(=O)COC(=O)CNC(=O)Cc1cccc2ccccc12. The first kappa shape index (κ1) is 20.8. The molecule has 1 aliphatic rings. The van der Waals surface area contributed by atoms with Crippen molar-refractivity contribution in [2.24, 2.45) is 0 Å².